The third kappa shape index (κ3) is 3.12. The summed E-state index contributed by atoms with van der Waals surface area (Å²) in [5.74, 6) is -1.48. The van der Waals surface area contributed by atoms with Crippen molar-refractivity contribution in [2.45, 2.75) is 13.3 Å². The summed E-state index contributed by atoms with van der Waals surface area (Å²) in [5, 5.41) is 0. The van der Waals surface area contributed by atoms with Gasteiger partial charge in [-0.25, -0.2) is 4.79 Å². The highest BCUT2D eigenvalue weighted by Crippen LogP contribution is 2.02. The maximum Gasteiger partial charge on any atom is 0.441 e. The summed E-state index contributed by atoms with van der Waals surface area (Å²) < 4.78 is 6.36. The molecule has 0 aliphatic rings. The first kappa shape index (κ1) is 12.9. The second kappa shape index (κ2) is 5.77. The average Bonchev–Trinajstić information content (AvgIpc) is 2.66. The van der Waals surface area contributed by atoms with E-state index in [0.29, 0.717) is 0 Å². The Hall–Kier alpha value is -2.20. The molecule has 0 aromatic carbocycles. The van der Waals surface area contributed by atoms with E-state index in [1.807, 2.05) is 0 Å². The maximum atomic E-state index is 11.7. The Morgan fingerprint density at radius 3 is 2.71 bits per heavy atom. The molecule has 0 N–H and O–H groups in total. The van der Waals surface area contributed by atoms with Gasteiger partial charge in [0.15, 0.2) is 0 Å². The molecule has 17 heavy (non-hydrogen) atoms. The van der Waals surface area contributed by atoms with E-state index in [-0.39, 0.29) is 13.0 Å². The standard InChI is InChI=1S/C11H13N3O3/c1-3-17-11(16)10(13-12)9(15)7-8-5-4-6-14(8)2/h4-6H,3,7H2,1-2H3. The van der Waals surface area contributed by atoms with Gasteiger partial charge in [0.05, 0.1) is 13.0 Å². The first-order valence-electron chi connectivity index (χ1n) is 5.12. The molecule has 6 heteroatoms. The number of ether oxygens (including phenoxy) is 1. The lowest BCUT2D eigenvalue weighted by Crippen LogP contribution is -2.29. The van der Waals surface area contributed by atoms with Gasteiger partial charge in [-0.15, -0.1) is 0 Å². The molecule has 0 aliphatic carbocycles. The van der Waals surface area contributed by atoms with Crippen molar-refractivity contribution in [2.75, 3.05) is 6.61 Å². The zero-order chi connectivity index (χ0) is 12.8. The molecule has 6 nitrogen and oxygen atoms in total. The van der Waals surface area contributed by atoms with E-state index in [9.17, 15) is 9.59 Å². The molecule has 0 aliphatic heterocycles. The van der Waals surface area contributed by atoms with Crippen LogP contribution in [0, 0.1) is 0 Å². The van der Waals surface area contributed by atoms with E-state index in [0.717, 1.165) is 5.69 Å². The molecule has 0 saturated carbocycles. The quantitative estimate of drug-likeness (QED) is 0.243. The molecule has 0 unspecified atom stereocenters. The number of ketones is 1. The van der Waals surface area contributed by atoms with Crippen LogP contribution in [0.5, 0.6) is 0 Å². The van der Waals surface area contributed by atoms with Crippen LogP contribution in [0.3, 0.4) is 0 Å². The number of carbonyl (C=O) groups excluding carboxylic acids is 2. The van der Waals surface area contributed by atoms with Crippen LogP contribution in [0.1, 0.15) is 12.6 Å². The SMILES string of the molecule is CCOC(=O)C(=[N+]=[N-])C(=O)Cc1cccn1C. The van der Waals surface area contributed by atoms with Gasteiger partial charge in [0.25, 0.3) is 5.78 Å². The van der Waals surface area contributed by atoms with Gasteiger partial charge in [0.1, 0.15) is 0 Å². The Kier molecular flexibility index (Phi) is 4.37. The predicted octanol–water partition coefficient (Wildman–Crippen LogP) is 0.371. The Labute approximate surface area is 98.4 Å². The number of esters is 1. The van der Waals surface area contributed by atoms with E-state index in [2.05, 4.69) is 9.53 Å². The Morgan fingerprint density at radius 1 is 1.53 bits per heavy atom. The highest BCUT2D eigenvalue weighted by Gasteiger charge is 2.31. The summed E-state index contributed by atoms with van der Waals surface area (Å²) in [6.45, 7) is 1.73. The molecule has 0 radical (unpaired) electrons. The largest absolute Gasteiger partial charge is 0.457 e. The van der Waals surface area contributed by atoms with Crippen LogP contribution in [-0.2, 0) is 27.8 Å². The third-order valence-corrected chi connectivity index (χ3v) is 2.23. The fourth-order valence-corrected chi connectivity index (χ4v) is 1.34. The van der Waals surface area contributed by atoms with E-state index in [4.69, 9.17) is 5.53 Å². The number of hydrogen-bond acceptors (Lipinski definition) is 3. The molecule has 0 amide bonds. The van der Waals surface area contributed by atoms with Gasteiger partial charge >= 0.3 is 11.7 Å². The number of hydrogen-bond donors (Lipinski definition) is 0. The van der Waals surface area contributed by atoms with Crippen LogP contribution in [0.25, 0.3) is 5.53 Å². The first-order valence-corrected chi connectivity index (χ1v) is 5.12. The van der Waals surface area contributed by atoms with Gasteiger partial charge in [-0.2, -0.15) is 4.79 Å². The molecule has 0 saturated heterocycles. The molecule has 1 aromatic heterocycles. The molecule has 0 atom stereocenters. The number of nitrogens with zero attached hydrogens (tertiary/aromatic N) is 3. The van der Waals surface area contributed by atoms with Crippen LogP contribution in [0.2, 0.25) is 0 Å². The molecule has 0 spiro atoms. The van der Waals surface area contributed by atoms with Gasteiger partial charge in [0, 0.05) is 18.9 Å². The summed E-state index contributed by atoms with van der Waals surface area (Å²) in [4.78, 5) is 25.7. The van der Waals surface area contributed by atoms with Gasteiger partial charge in [-0.3, -0.25) is 4.79 Å². The summed E-state index contributed by atoms with van der Waals surface area (Å²) in [6.07, 6.45) is 1.77. The smallest absolute Gasteiger partial charge is 0.441 e. The van der Waals surface area contributed by atoms with Crippen LogP contribution in [-0.4, -0.2) is 33.4 Å². The van der Waals surface area contributed by atoms with Crippen LogP contribution in [0.4, 0.5) is 0 Å². The third-order valence-electron chi connectivity index (χ3n) is 2.23. The van der Waals surface area contributed by atoms with E-state index < -0.39 is 17.5 Å². The normalized spacial score (nSPS) is 9.53. The molecule has 90 valence electrons. The minimum absolute atomic E-state index is 0.0122. The number of aromatic nitrogens is 1. The maximum absolute atomic E-state index is 11.7. The highest BCUT2D eigenvalue weighted by atomic mass is 16.5. The van der Waals surface area contributed by atoms with Gasteiger partial charge in [-0.05, 0) is 19.1 Å². The molecule has 1 aromatic rings. The minimum atomic E-state index is -0.908. The fraction of sp³-hybridized carbons (Fsp3) is 0.364. The molecule has 1 heterocycles. The van der Waals surface area contributed by atoms with Crippen molar-refractivity contribution >= 4 is 17.5 Å². The topological polar surface area (TPSA) is 84.7 Å². The molecular weight excluding hydrogens is 222 g/mol. The Morgan fingerprint density at radius 2 is 2.24 bits per heavy atom. The van der Waals surface area contributed by atoms with E-state index in [1.165, 1.54) is 0 Å². The Balaban J connectivity index is 2.79. The first-order chi connectivity index (χ1) is 8.10. The second-order valence-electron chi connectivity index (χ2n) is 3.38. The van der Waals surface area contributed by atoms with Gasteiger partial charge < -0.3 is 14.8 Å². The van der Waals surface area contributed by atoms with Crippen LogP contribution < -0.4 is 0 Å². The lowest BCUT2D eigenvalue weighted by molar-refractivity contribution is -0.141. The van der Waals surface area contributed by atoms with Gasteiger partial charge in [-0.1, -0.05) is 0 Å². The highest BCUT2D eigenvalue weighted by molar-refractivity contribution is 6.62. The second-order valence-corrected chi connectivity index (χ2v) is 3.38. The summed E-state index contributed by atoms with van der Waals surface area (Å²) in [7, 11) is 1.78. The van der Waals surface area contributed by atoms with E-state index >= 15 is 0 Å². The summed E-state index contributed by atoms with van der Waals surface area (Å²) in [5.41, 5.74) is 8.80. The van der Waals surface area contributed by atoms with E-state index in [1.54, 1.807) is 36.9 Å². The summed E-state index contributed by atoms with van der Waals surface area (Å²) in [6, 6.07) is 3.53. The van der Waals surface area contributed by atoms with Crippen molar-refractivity contribution in [2.24, 2.45) is 7.05 Å². The van der Waals surface area contributed by atoms with Crippen molar-refractivity contribution in [1.29, 1.82) is 0 Å². The molecule has 0 fully saturated rings. The zero-order valence-electron chi connectivity index (χ0n) is 9.71. The van der Waals surface area contributed by atoms with Crippen molar-refractivity contribution in [3.8, 4) is 0 Å². The Bertz CT molecular complexity index is 484. The zero-order valence-corrected chi connectivity index (χ0v) is 9.71. The number of carbonyl (C=O) groups is 2. The van der Waals surface area contributed by atoms with Gasteiger partial charge in [0.2, 0.25) is 0 Å². The molecule has 0 bridgehead atoms. The summed E-state index contributed by atoms with van der Waals surface area (Å²) >= 11 is 0. The molecular formula is C11H13N3O3. The lowest BCUT2D eigenvalue weighted by atomic mass is 10.1. The van der Waals surface area contributed by atoms with Crippen LogP contribution >= 0.6 is 0 Å². The number of Topliss-reactive ketones (excluding diaryl/α,β-unsaturated/α-hetero) is 1. The van der Waals surface area contributed by atoms with Crippen LogP contribution in [0.15, 0.2) is 18.3 Å². The monoisotopic (exact) mass is 235 g/mol. The minimum Gasteiger partial charge on any atom is -0.457 e. The van der Waals surface area contributed by atoms with Crippen molar-refractivity contribution in [1.82, 2.24) is 4.57 Å². The number of aryl methyl sites for hydroxylation is 1. The lowest BCUT2D eigenvalue weighted by Gasteiger charge is -2.00. The van der Waals surface area contributed by atoms with Crippen molar-refractivity contribution in [3.05, 3.63) is 29.6 Å². The fourth-order valence-electron chi connectivity index (χ4n) is 1.34. The molecule has 1 rings (SSSR count). The van der Waals surface area contributed by atoms with Crippen molar-refractivity contribution in [3.63, 3.8) is 0 Å². The van der Waals surface area contributed by atoms with Crippen molar-refractivity contribution < 1.29 is 19.1 Å². The number of rotatable bonds is 5. The predicted molar refractivity (Wildman–Crippen MR) is 59.4 cm³/mol. The average molecular weight is 235 g/mol.